The predicted octanol–water partition coefficient (Wildman–Crippen LogP) is 1.74. The van der Waals surface area contributed by atoms with E-state index in [1.165, 1.54) is 0 Å². The molecule has 0 amide bonds. The summed E-state index contributed by atoms with van der Waals surface area (Å²) in [6.45, 7) is 4.02. The fourth-order valence-corrected chi connectivity index (χ4v) is 3.36. The number of nitrogens with zero attached hydrogens (tertiary/aromatic N) is 1. The SMILES string of the molecule is COC1(C)CCCN(C2CCCC2C(=O)O)C1. The van der Waals surface area contributed by atoms with E-state index in [-0.39, 0.29) is 17.6 Å². The summed E-state index contributed by atoms with van der Waals surface area (Å²) < 4.78 is 5.58. The summed E-state index contributed by atoms with van der Waals surface area (Å²) in [7, 11) is 1.76. The van der Waals surface area contributed by atoms with E-state index in [1.54, 1.807) is 7.11 Å². The van der Waals surface area contributed by atoms with Crippen LogP contribution < -0.4 is 0 Å². The van der Waals surface area contributed by atoms with Gasteiger partial charge in [-0.1, -0.05) is 6.42 Å². The molecule has 2 aliphatic rings. The topological polar surface area (TPSA) is 49.8 Å². The Bertz CT molecular complexity index is 294. The molecule has 0 bridgehead atoms. The minimum absolute atomic E-state index is 0.0934. The highest BCUT2D eigenvalue weighted by Crippen LogP contribution is 2.34. The van der Waals surface area contributed by atoms with E-state index < -0.39 is 5.97 Å². The molecule has 1 aliphatic carbocycles. The summed E-state index contributed by atoms with van der Waals surface area (Å²) in [5.41, 5.74) is -0.0934. The zero-order valence-electron chi connectivity index (χ0n) is 10.8. The van der Waals surface area contributed by atoms with Crippen LogP contribution in [0.3, 0.4) is 0 Å². The summed E-state index contributed by atoms with van der Waals surface area (Å²) in [6.07, 6.45) is 5.08. The van der Waals surface area contributed by atoms with Gasteiger partial charge in [-0.15, -0.1) is 0 Å². The van der Waals surface area contributed by atoms with Gasteiger partial charge < -0.3 is 9.84 Å². The van der Waals surface area contributed by atoms with Crippen molar-refractivity contribution >= 4 is 5.97 Å². The fraction of sp³-hybridized carbons (Fsp3) is 0.923. The lowest BCUT2D eigenvalue weighted by molar-refractivity contribution is -0.144. The van der Waals surface area contributed by atoms with Crippen molar-refractivity contribution in [3.8, 4) is 0 Å². The summed E-state index contributed by atoms with van der Waals surface area (Å²) in [5, 5.41) is 9.24. The maximum absolute atomic E-state index is 11.2. The molecule has 3 atom stereocenters. The molecule has 0 aromatic heterocycles. The highest BCUT2D eigenvalue weighted by molar-refractivity contribution is 5.71. The number of hydrogen-bond acceptors (Lipinski definition) is 3. The van der Waals surface area contributed by atoms with Crippen molar-refractivity contribution < 1.29 is 14.6 Å². The van der Waals surface area contributed by atoms with Crippen molar-refractivity contribution in [2.75, 3.05) is 20.2 Å². The molecule has 3 unspecified atom stereocenters. The Hall–Kier alpha value is -0.610. The lowest BCUT2D eigenvalue weighted by atomic mass is 9.91. The second-order valence-electron chi connectivity index (χ2n) is 5.67. The lowest BCUT2D eigenvalue weighted by Crippen LogP contribution is -2.52. The third kappa shape index (κ3) is 2.63. The number of rotatable bonds is 3. The van der Waals surface area contributed by atoms with Crippen molar-refractivity contribution in [2.24, 2.45) is 5.92 Å². The smallest absolute Gasteiger partial charge is 0.308 e. The second kappa shape index (κ2) is 4.94. The van der Waals surface area contributed by atoms with Crippen LogP contribution in [0.2, 0.25) is 0 Å². The van der Waals surface area contributed by atoms with Crippen LogP contribution in [0.25, 0.3) is 0 Å². The van der Waals surface area contributed by atoms with Gasteiger partial charge in [0.1, 0.15) is 0 Å². The fourth-order valence-electron chi connectivity index (χ4n) is 3.36. The van der Waals surface area contributed by atoms with Gasteiger partial charge >= 0.3 is 5.97 Å². The third-order valence-corrected chi connectivity index (χ3v) is 4.45. The summed E-state index contributed by atoms with van der Waals surface area (Å²) >= 11 is 0. The van der Waals surface area contributed by atoms with Crippen LogP contribution in [0.1, 0.15) is 39.0 Å². The van der Waals surface area contributed by atoms with Gasteiger partial charge in [-0.05, 0) is 39.2 Å². The molecule has 1 N–H and O–H groups in total. The zero-order valence-corrected chi connectivity index (χ0v) is 10.8. The van der Waals surface area contributed by atoms with Gasteiger partial charge in [0.15, 0.2) is 0 Å². The molecule has 1 saturated carbocycles. The number of ether oxygens (including phenoxy) is 1. The summed E-state index contributed by atoms with van der Waals surface area (Å²) in [5.74, 6) is -0.800. The first kappa shape index (κ1) is 12.8. The number of carboxylic acid groups (broad SMARTS) is 1. The molecule has 17 heavy (non-hydrogen) atoms. The number of likely N-dealkylation sites (tertiary alicyclic amines) is 1. The largest absolute Gasteiger partial charge is 0.481 e. The predicted molar refractivity (Wildman–Crippen MR) is 65.0 cm³/mol. The van der Waals surface area contributed by atoms with E-state index in [0.29, 0.717) is 0 Å². The lowest BCUT2D eigenvalue weighted by Gasteiger charge is -2.43. The second-order valence-corrected chi connectivity index (χ2v) is 5.67. The molecule has 0 radical (unpaired) electrons. The number of carbonyl (C=O) groups is 1. The van der Waals surface area contributed by atoms with E-state index >= 15 is 0 Å². The van der Waals surface area contributed by atoms with E-state index in [2.05, 4.69) is 11.8 Å². The summed E-state index contributed by atoms with van der Waals surface area (Å²) in [6, 6.07) is 0.224. The van der Waals surface area contributed by atoms with Crippen molar-refractivity contribution in [3.05, 3.63) is 0 Å². The van der Waals surface area contributed by atoms with Crippen LogP contribution in [0.15, 0.2) is 0 Å². The standard InChI is InChI=1S/C13H23NO3/c1-13(17-2)7-4-8-14(9-13)11-6-3-5-10(11)12(15)16/h10-11H,3-9H2,1-2H3,(H,15,16). The molecule has 2 fully saturated rings. The van der Waals surface area contributed by atoms with Gasteiger partial charge in [-0.3, -0.25) is 9.69 Å². The molecule has 4 nitrogen and oxygen atoms in total. The van der Waals surface area contributed by atoms with Crippen LogP contribution in [-0.2, 0) is 9.53 Å². The molecule has 4 heteroatoms. The highest BCUT2D eigenvalue weighted by atomic mass is 16.5. The molecule has 1 heterocycles. The molecular formula is C13H23NO3. The minimum Gasteiger partial charge on any atom is -0.481 e. The average molecular weight is 241 g/mol. The van der Waals surface area contributed by atoms with Crippen LogP contribution in [0, 0.1) is 5.92 Å². The van der Waals surface area contributed by atoms with E-state index in [4.69, 9.17) is 4.74 Å². The normalized spacial score (nSPS) is 39.4. The third-order valence-electron chi connectivity index (χ3n) is 4.45. The van der Waals surface area contributed by atoms with Crippen LogP contribution in [0.5, 0.6) is 0 Å². The van der Waals surface area contributed by atoms with Crippen molar-refractivity contribution in [2.45, 2.75) is 50.7 Å². The van der Waals surface area contributed by atoms with E-state index in [1.807, 2.05) is 0 Å². The molecule has 0 aromatic carbocycles. The quantitative estimate of drug-likeness (QED) is 0.817. The van der Waals surface area contributed by atoms with Gasteiger partial charge in [0.25, 0.3) is 0 Å². The van der Waals surface area contributed by atoms with E-state index in [0.717, 1.165) is 45.2 Å². The Balaban J connectivity index is 2.04. The molecule has 0 spiro atoms. The minimum atomic E-state index is -0.628. The first-order valence-electron chi connectivity index (χ1n) is 6.58. The molecule has 1 aliphatic heterocycles. The first-order valence-corrected chi connectivity index (χ1v) is 6.58. The maximum atomic E-state index is 11.2. The average Bonchev–Trinajstić information content (AvgIpc) is 2.78. The van der Waals surface area contributed by atoms with Crippen LogP contribution in [0.4, 0.5) is 0 Å². The van der Waals surface area contributed by atoms with E-state index in [9.17, 15) is 9.90 Å². The zero-order chi connectivity index (χ0) is 12.5. The van der Waals surface area contributed by atoms with Gasteiger partial charge in [0, 0.05) is 19.7 Å². The molecule has 0 aromatic rings. The van der Waals surface area contributed by atoms with Gasteiger partial charge in [-0.25, -0.2) is 0 Å². The summed E-state index contributed by atoms with van der Waals surface area (Å²) in [4.78, 5) is 13.6. The molecule has 2 rings (SSSR count). The van der Waals surface area contributed by atoms with Gasteiger partial charge in [0.2, 0.25) is 0 Å². The van der Waals surface area contributed by atoms with Crippen molar-refractivity contribution in [3.63, 3.8) is 0 Å². The van der Waals surface area contributed by atoms with Crippen molar-refractivity contribution in [1.29, 1.82) is 0 Å². The monoisotopic (exact) mass is 241 g/mol. The number of methoxy groups -OCH3 is 1. The number of carboxylic acids is 1. The van der Waals surface area contributed by atoms with Gasteiger partial charge in [0.05, 0.1) is 11.5 Å². The molecule has 98 valence electrons. The highest BCUT2D eigenvalue weighted by Gasteiger charge is 2.41. The molecule has 1 saturated heterocycles. The van der Waals surface area contributed by atoms with Crippen LogP contribution >= 0.6 is 0 Å². The maximum Gasteiger partial charge on any atom is 0.308 e. The number of piperidine rings is 1. The number of aliphatic carboxylic acids is 1. The first-order chi connectivity index (χ1) is 8.06. The van der Waals surface area contributed by atoms with Gasteiger partial charge in [-0.2, -0.15) is 0 Å². The van der Waals surface area contributed by atoms with Crippen LogP contribution in [-0.4, -0.2) is 47.8 Å². The number of hydrogen-bond donors (Lipinski definition) is 1. The Labute approximate surface area is 103 Å². The van der Waals surface area contributed by atoms with Crippen molar-refractivity contribution in [1.82, 2.24) is 4.90 Å². The Kier molecular flexibility index (Phi) is 3.73. The Morgan fingerprint density at radius 1 is 1.41 bits per heavy atom. The molecular weight excluding hydrogens is 218 g/mol. The Morgan fingerprint density at radius 2 is 2.18 bits per heavy atom. The Morgan fingerprint density at radius 3 is 2.82 bits per heavy atom.